The van der Waals surface area contributed by atoms with Gasteiger partial charge in [0.2, 0.25) is 0 Å². The lowest BCUT2D eigenvalue weighted by molar-refractivity contribution is 0.808. The Morgan fingerprint density at radius 1 is 1.42 bits per heavy atom. The number of imidazole rings is 1. The van der Waals surface area contributed by atoms with Gasteiger partial charge >= 0.3 is 0 Å². The number of thiophene rings is 1. The average molecular weight is 285 g/mol. The smallest absolute Gasteiger partial charge is 0.178 e. The van der Waals surface area contributed by atoms with Gasteiger partial charge in [-0.3, -0.25) is 0 Å². The SMILES string of the molecule is Cc1cscc1Cn1c(=S)[nH]c2c(C#N)cccc21. The second kappa shape index (κ2) is 4.65. The number of hydrogen-bond acceptors (Lipinski definition) is 3. The predicted octanol–water partition coefficient (Wildman–Crippen LogP) is 3.99. The Morgan fingerprint density at radius 3 is 2.95 bits per heavy atom. The maximum absolute atomic E-state index is 9.12. The van der Waals surface area contributed by atoms with Crippen LogP contribution < -0.4 is 0 Å². The van der Waals surface area contributed by atoms with Crippen LogP contribution in [0.5, 0.6) is 0 Å². The fraction of sp³-hybridized carbons (Fsp3) is 0.143. The van der Waals surface area contributed by atoms with Crippen molar-refractivity contribution in [3.63, 3.8) is 0 Å². The third kappa shape index (κ3) is 1.99. The molecule has 0 saturated carbocycles. The minimum atomic E-state index is 0.629. The van der Waals surface area contributed by atoms with Gasteiger partial charge in [-0.2, -0.15) is 16.6 Å². The summed E-state index contributed by atoms with van der Waals surface area (Å²) < 4.78 is 2.70. The first kappa shape index (κ1) is 12.2. The third-order valence-electron chi connectivity index (χ3n) is 3.22. The van der Waals surface area contributed by atoms with E-state index in [4.69, 9.17) is 17.5 Å². The molecule has 2 aromatic heterocycles. The molecule has 1 N–H and O–H groups in total. The third-order valence-corrected chi connectivity index (χ3v) is 4.45. The zero-order chi connectivity index (χ0) is 13.4. The first-order chi connectivity index (χ1) is 9.20. The lowest BCUT2D eigenvalue weighted by Gasteiger charge is -2.04. The van der Waals surface area contributed by atoms with Crippen molar-refractivity contribution < 1.29 is 0 Å². The number of nitrogens with zero attached hydrogens (tertiary/aromatic N) is 2. The summed E-state index contributed by atoms with van der Waals surface area (Å²) in [5.41, 5.74) is 4.98. The highest BCUT2D eigenvalue weighted by Crippen LogP contribution is 2.21. The number of aromatic nitrogens is 2. The van der Waals surface area contributed by atoms with Gasteiger partial charge in [0.25, 0.3) is 0 Å². The van der Waals surface area contributed by atoms with E-state index in [0.717, 1.165) is 17.6 Å². The Hall–Kier alpha value is -1.90. The maximum Gasteiger partial charge on any atom is 0.178 e. The largest absolute Gasteiger partial charge is 0.329 e. The molecule has 94 valence electrons. The Morgan fingerprint density at radius 2 is 2.26 bits per heavy atom. The van der Waals surface area contributed by atoms with Gasteiger partial charge in [-0.15, -0.1) is 0 Å². The minimum Gasteiger partial charge on any atom is -0.329 e. The molecule has 0 radical (unpaired) electrons. The van der Waals surface area contributed by atoms with E-state index in [1.54, 1.807) is 17.4 Å². The first-order valence-corrected chi connectivity index (χ1v) is 7.19. The molecule has 3 rings (SSSR count). The van der Waals surface area contributed by atoms with Crippen molar-refractivity contribution in [2.75, 3.05) is 0 Å². The van der Waals surface area contributed by atoms with Crippen molar-refractivity contribution in [3.05, 3.63) is 50.4 Å². The number of para-hydroxylation sites is 1. The van der Waals surface area contributed by atoms with Gasteiger partial charge < -0.3 is 9.55 Å². The van der Waals surface area contributed by atoms with Crippen LogP contribution in [-0.4, -0.2) is 9.55 Å². The lowest BCUT2D eigenvalue weighted by atomic mass is 10.2. The van der Waals surface area contributed by atoms with E-state index in [2.05, 4.69) is 28.7 Å². The van der Waals surface area contributed by atoms with Crippen LogP contribution in [0.1, 0.15) is 16.7 Å². The predicted molar refractivity (Wildman–Crippen MR) is 80.0 cm³/mol. The number of fused-ring (bicyclic) bond motifs is 1. The van der Waals surface area contributed by atoms with Gasteiger partial charge in [0.1, 0.15) is 6.07 Å². The maximum atomic E-state index is 9.12. The van der Waals surface area contributed by atoms with Crippen LogP contribution in [0.15, 0.2) is 29.0 Å². The molecule has 0 aliphatic rings. The molecule has 2 heterocycles. The Balaban J connectivity index is 2.20. The van der Waals surface area contributed by atoms with Crippen molar-refractivity contribution >= 4 is 34.6 Å². The van der Waals surface area contributed by atoms with Crippen molar-refractivity contribution in [1.29, 1.82) is 5.26 Å². The molecule has 0 unspecified atom stereocenters. The Labute approximate surface area is 119 Å². The highest BCUT2D eigenvalue weighted by atomic mass is 32.1. The Kier molecular flexibility index (Phi) is 2.97. The van der Waals surface area contributed by atoms with Gasteiger partial charge in [-0.1, -0.05) is 6.07 Å². The number of benzene rings is 1. The highest BCUT2D eigenvalue weighted by molar-refractivity contribution is 7.71. The van der Waals surface area contributed by atoms with Crippen LogP contribution >= 0.6 is 23.6 Å². The lowest BCUT2D eigenvalue weighted by Crippen LogP contribution is -1.99. The van der Waals surface area contributed by atoms with E-state index in [-0.39, 0.29) is 0 Å². The molecule has 3 nitrogen and oxygen atoms in total. The molecule has 5 heteroatoms. The zero-order valence-electron chi connectivity index (χ0n) is 10.3. The molecule has 3 aromatic rings. The molecule has 1 aromatic carbocycles. The second-order valence-corrected chi connectivity index (χ2v) is 5.54. The van der Waals surface area contributed by atoms with Crippen LogP contribution in [0, 0.1) is 23.0 Å². The fourth-order valence-corrected chi connectivity index (χ4v) is 3.26. The number of aromatic amines is 1. The molecule has 0 fully saturated rings. The average Bonchev–Trinajstić information content (AvgIpc) is 2.95. The highest BCUT2D eigenvalue weighted by Gasteiger charge is 2.09. The van der Waals surface area contributed by atoms with Crippen LogP contribution in [0.25, 0.3) is 11.0 Å². The van der Waals surface area contributed by atoms with Crippen LogP contribution in [0.3, 0.4) is 0 Å². The Bertz CT molecular complexity index is 846. The number of aryl methyl sites for hydroxylation is 1. The number of H-pyrrole nitrogens is 1. The monoisotopic (exact) mass is 285 g/mol. The van der Waals surface area contributed by atoms with Gasteiger partial charge in [0.15, 0.2) is 4.77 Å². The van der Waals surface area contributed by atoms with E-state index in [1.165, 1.54) is 11.1 Å². The van der Waals surface area contributed by atoms with Crippen molar-refractivity contribution in [3.8, 4) is 6.07 Å². The van der Waals surface area contributed by atoms with Gasteiger partial charge in [0, 0.05) is 0 Å². The summed E-state index contributed by atoms with van der Waals surface area (Å²) >= 11 is 7.08. The van der Waals surface area contributed by atoms with E-state index >= 15 is 0 Å². The molecule has 0 amide bonds. The van der Waals surface area contributed by atoms with Gasteiger partial charge in [-0.25, -0.2) is 0 Å². The normalized spacial score (nSPS) is 10.7. The van der Waals surface area contributed by atoms with Crippen LogP contribution in [0.4, 0.5) is 0 Å². The van der Waals surface area contributed by atoms with Crippen molar-refractivity contribution in [2.45, 2.75) is 13.5 Å². The standard InChI is InChI=1S/C14H11N3S2/c1-9-7-19-8-11(9)6-17-12-4-2-3-10(5-15)13(12)16-14(17)18/h2-4,7-8H,6H2,1H3,(H,16,18). The van der Waals surface area contributed by atoms with E-state index in [9.17, 15) is 0 Å². The van der Waals surface area contributed by atoms with Crippen LogP contribution in [-0.2, 0) is 6.54 Å². The molecule has 0 aliphatic heterocycles. The first-order valence-electron chi connectivity index (χ1n) is 5.84. The molecular formula is C14H11N3S2. The molecule has 0 aliphatic carbocycles. The van der Waals surface area contributed by atoms with Gasteiger partial charge in [0.05, 0.1) is 23.1 Å². The fourth-order valence-electron chi connectivity index (χ4n) is 2.15. The van der Waals surface area contributed by atoms with E-state index in [1.807, 2.05) is 16.7 Å². The topological polar surface area (TPSA) is 44.5 Å². The number of nitriles is 1. The minimum absolute atomic E-state index is 0.629. The molecule has 0 bridgehead atoms. The molecule has 0 atom stereocenters. The summed E-state index contributed by atoms with van der Waals surface area (Å²) in [4.78, 5) is 3.14. The molecular weight excluding hydrogens is 274 g/mol. The summed E-state index contributed by atoms with van der Waals surface area (Å²) in [5.74, 6) is 0. The number of nitrogens with one attached hydrogen (secondary N) is 1. The van der Waals surface area contributed by atoms with Crippen molar-refractivity contribution in [2.24, 2.45) is 0 Å². The van der Waals surface area contributed by atoms with Gasteiger partial charge in [-0.05, 0) is 53.2 Å². The number of rotatable bonds is 2. The summed E-state index contributed by atoms with van der Waals surface area (Å²) in [7, 11) is 0. The molecule has 0 spiro atoms. The van der Waals surface area contributed by atoms with E-state index in [0.29, 0.717) is 10.3 Å². The quantitative estimate of drug-likeness (QED) is 0.724. The van der Waals surface area contributed by atoms with E-state index < -0.39 is 0 Å². The van der Waals surface area contributed by atoms with Crippen LogP contribution in [0.2, 0.25) is 0 Å². The molecule has 0 saturated heterocycles. The molecule has 19 heavy (non-hydrogen) atoms. The summed E-state index contributed by atoms with van der Waals surface area (Å²) in [5, 5.41) is 13.4. The summed E-state index contributed by atoms with van der Waals surface area (Å²) in [6, 6.07) is 7.87. The van der Waals surface area contributed by atoms with Crippen molar-refractivity contribution in [1.82, 2.24) is 9.55 Å². The summed E-state index contributed by atoms with van der Waals surface area (Å²) in [6.07, 6.45) is 0. The zero-order valence-corrected chi connectivity index (χ0v) is 11.9. The second-order valence-electron chi connectivity index (χ2n) is 4.41. The summed E-state index contributed by atoms with van der Waals surface area (Å²) in [6.45, 7) is 2.84. The number of hydrogen-bond donors (Lipinski definition) is 1.